The van der Waals surface area contributed by atoms with E-state index in [9.17, 15) is 0 Å². The molecule has 0 atom stereocenters. The van der Waals surface area contributed by atoms with Gasteiger partial charge in [0.15, 0.2) is 0 Å². The van der Waals surface area contributed by atoms with Crippen molar-refractivity contribution < 1.29 is 0 Å². The van der Waals surface area contributed by atoms with Gasteiger partial charge >= 0.3 is 0 Å². The van der Waals surface area contributed by atoms with Gasteiger partial charge in [0.2, 0.25) is 0 Å². The summed E-state index contributed by atoms with van der Waals surface area (Å²) in [6, 6.07) is 0. The molecule has 0 radical (unpaired) electrons. The van der Waals surface area contributed by atoms with Crippen molar-refractivity contribution in [3.63, 3.8) is 0 Å². The molecule has 0 bridgehead atoms. The van der Waals surface area contributed by atoms with Gasteiger partial charge in [0.25, 0.3) is 0 Å². The average molecular weight is 283 g/mol. The third kappa shape index (κ3) is 9.83. The van der Waals surface area contributed by atoms with Gasteiger partial charge in [-0.2, -0.15) is 0 Å². The van der Waals surface area contributed by atoms with Crippen molar-refractivity contribution in [2.75, 3.05) is 0 Å². The molecule has 122 valence electrons. The van der Waals surface area contributed by atoms with Crippen LogP contribution in [0, 0.1) is 17.8 Å². The van der Waals surface area contributed by atoms with E-state index < -0.39 is 0 Å². The predicted octanol–water partition coefficient (Wildman–Crippen LogP) is 7.62. The van der Waals surface area contributed by atoms with Gasteiger partial charge in [-0.05, 0) is 17.8 Å². The van der Waals surface area contributed by atoms with Crippen LogP contribution in [0.5, 0.6) is 0 Å². The van der Waals surface area contributed by atoms with Gasteiger partial charge in [0.1, 0.15) is 0 Å². The largest absolute Gasteiger partial charge is 0.0683 e. The first-order valence-corrected chi connectivity index (χ1v) is 9.76. The van der Waals surface area contributed by atoms with Crippen molar-refractivity contribution in [1.29, 1.82) is 0 Å². The zero-order valence-corrected chi connectivity index (χ0v) is 15.2. The Balaban J connectivity index is 0.000000327. The third-order valence-electron chi connectivity index (χ3n) is 5.13. The van der Waals surface area contributed by atoms with Gasteiger partial charge in [-0.25, -0.2) is 0 Å². The molecule has 0 aromatic carbocycles. The summed E-state index contributed by atoms with van der Waals surface area (Å²) in [6.07, 6.45) is 17.8. The van der Waals surface area contributed by atoms with Crippen molar-refractivity contribution in [2.45, 2.75) is 112 Å². The zero-order valence-electron chi connectivity index (χ0n) is 15.2. The van der Waals surface area contributed by atoms with Crippen LogP contribution >= 0.6 is 0 Å². The van der Waals surface area contributed by atoms with E-state index in [1.165, 1.54) is 77.0 Å². The summed E-state index contributed by atoms with van der Waals surface area (Å²) in [4.78, 5) is 0. The van der Waals surface area contributed by atoms with E-state index in [-0.39, 0.29) is 0 Å². The lowest BCUT2D eigenvalue weighted by molar-refractivity contribution is 0.276. The molecule has 0 nitrogen and oxygen atoms in total. The van der Waals surface area contributed by atoms with Crippen molar-refractivity contribution in [2.24, 2.45) is 17.8 Å². The minimum absolute atomic E-state index is 1.02. The zero-order chi connectivity index (χ0) is 15.2. The molecule has 0 heteroatoms. The maximum atomic E-state index is 2.39. The molecule has 0 aliphatic heterocycles. The van der Waals surface area contributed by atoms with Crippen LogP contribution in [0.2, 0.25) is 0 Å². The van der Waals surface area contributed by atoms with Crippen molar-refractivity contribution in [3.05, 3.63) is 0 Å². The Morgan fingerprint density at radius 1 is 0.700 bits per heavy atom. The van der Waals surface area contributed by atoms with Crippen LogP contribution < -0.4 is 0 Å². The summed E-state index contributed by atoms with van der Waals surface area (Å²) in [5, 5.41) is 0. The third-order valence-corrected chi connectivity index (χ3v) is 5.13. The molecule has 20 heavy (non-hydrogen) atoms. The Morgan fingerprint density at radius 2 is 1.25 bits per heavy atom. The Morgan fingerprint density at radius 3 is 1.65 bits per heavy atom. The fourth-order valence-electron chi connectivity index (χ4n) is 3.62. The normalized spacial score (nSPS) is 26.9. The van der Waals surface area contributed by atoms with Crippen LogP contribution in [0.4, 0.5) is 0 Å². The van der Waals surface area contributed by atoms with Gasteiger partial charge in [-0.15, -0.1) is 0 Å². The highest BCUT2D eigenvalue weighted by atomic mass is 14.2. The summed E-state index contributed by atoms with van der Waals surface area (Å²) >= 11 is 0. The SMILES string of the molecule is CC.CCC1CCCCC1.CCCC1CCC(C)CC1. The fourth-order valence-corrected chi connectivity index (χ4v) is 3.62. The van der Waals surface area contributed by atoms with Crippen LogP contribution in [0.25, 0.3) is 0 Å². The molecule has 0 aromatic heterocycles. The standard InChI is InChI=1S/C10H20.C8H16.C2H6/c1-3-4-10-7-5-9(2)6-8-10;1-2-8-6-4-3-5-7-8;1-2/h9-10H,3-8H2,1-2H3;8H,2-7H2,1H3;1-2H3. The predicted molar refractivity (Wildman–Crippen MR) is 94.2 cm³/mol. The Labute approximate surface area is 130 Å². The van der Waals surface area contributed by atoms with Gasteiger partial charge in [-0.3, -0.25) is 0 Å². The number of hydrogen-bond acceptors (Lipinski definition) is 0. The van der Waals surface area contributed by atoms with E-state index in [2.05, 4.69) is 20.8 Å². The second kappa shape index (κ2) is 14.0. The minimum Gasteiger partial charge on any atom is -0.0683 e. The lowest BCUT2D eigenvalue weighted by Gasteiger charge is -2.25. The first-order chi connectivity index (χ1) is 9.76. The molecule has 0 aromatic rings. The van der Waals surface area contributed by atoms with E-state index in [4.69, 9.17) is 0 Å². The first-order valence-electron chi connectivity index (χ1n) is 9.76. The molecule has 0 unspecified atom stereocenters. The van der Waals surface area contributed by atoms with E-state index >= 15 is 0 Å². The van der Waals surface area contributed by atoms with Crippen LogP contribution in [0.15, 0.2) is 0 Å². The molecular weight excluding hydrogens is 240 g/mol. The van der Waals surface area contributed by atoms with E-state index in [1.807, 2.05) is 13.8 Å². The van der Waals surface area contributed by atoms with Gasteiger partial charge < -0.3 is 0 Å². The van der Waals surface area contributed by atoms with Crippen LogP contribution in [0.1, 0.15) is 112 Å². The molecule has 2 saturated carbocycles. The summed E-state index contributed by atoms with van der Waals surface area (Å²) in [5.41, 5.74) is 0. The monoisotopic (exact) mass is 282 g/mol. The van der Waals surface area contributed by atoms with E-state index in [0.29, 0.717) is 0 Å². The second-order valence-electron chi connectivity index (χ2n) is 6.83. The molecule has 0 N–H and O–H groups in total. The summed E-state index contributed by atoms with van der Waals surface area (Å²) < 4.78 is 0. The Bertz CT molecular complexity index is 170. The smallest absolute Gasteiger partial charge is 0.0414 e. The van der Waals surface area contributed by atoms with Gasteiger partial charge in [0, 0.05) is 0 Å². The summed E-state index contributed by atoms with van der Waals surface area (Å²) in [7, 11) is 0. The molecule has 2 aliphatic carbocycles. The molecule has 0 amide bonds. The average Bonchev–Trinajstić information content (AvgIpc) is 2.53. The molecule has 0 heterocycles. The first kappa shape index (κ1) is 20.0. The topological polar surface area (TPSA) is 0 Å². The maximum Gasteiger partial charge on any atom is -0.0414 e. The molecular formula is C20H42. The summed E-state index contributed by atoms with van der Waals surface area (Å²) in [6.45, 7) is 11.0. The highest BCUT2D eigenvalue weighted by Gasteiger charge is 2.16. The lowest BCUT2D eigenvalue weighted by Crippen LogP contribution is -2.11. The fraction of sp³-hybridized carbons (Fsp3) is 1.00. The molecule has 0 saturated heterocycles. The maximum absolute atomic E-state index is 2.39. The van der Waals surface area contributed by atoms with Crippen LogP contribution in [-0.2, 0) is 0 Å². The molecule has 2 rings (SSSR count). The molecule has 2 fully saturated rings. The van der Waals surface area contributed by atoms with Crippen LogP contribution in [0.3, 0.4) is 0 Å². The summed E-state index contributed by atoms with van der Waals surface area (Å²) in [5.74, 6) is 3.19. The van der Waals surface area contributed by atoms with Gasteiger partial charge in [-0.1, -0.05) is 112 Å². The Hall–Kier alpha value is 0. The number of hydrogen-bond donors (Lipinski definition) is 0. The quantitative estimate of drug-likeness (QED) is 0.499. The minimum atomic E-state index is 1.02. The highest BCUT2D eigenvalue weighted by Crippen LogP contribution is 2.30. The van der Waals surface area contributed by atoms with Crippen molar-refractivity contribution >= 4 is 0 Å². The van der Waals surface area contributed by atoms with Gasteiger partial charge in [0.05, 0.1) is 0 Å². The number of rotatable bonds is 3. The second-order valence-corrected chi connectivity index (χ2v) is 6.83. The molecule has 0 spiro atoms. The molecule has 2 aliphatic rings. The lowest BCUT2D eigenvalue weighted by atomic mass is 9.81. The van der Waals surface area contributed by atoms with Crippen molar-refractivity contribution in [1.82, 2.24) is 0 Å². The van der Waals surface area contributed by atoms with E-state index in [0.717, 1.165) is 17.8 Å². The van der Waals surface area contributed by atoms with E-state index in [1.54, 1.807) is 0 Å². The Kier molecular flexibility index (Phi) is 14.0. The van der Waals surface area contributed by atoms with Crippen LogP contribution in [-0.4, -0.2) is 0 Å². The highest BCUT2D eigenvalue weighted by molar-refractivity contribution is 4.69. The van der Waals surface area contributed by atoms with Crippen molar-refractivity contribution in [3.8, 4) is 0 Å².